The molecule has 0 aliphatic rings. The third-order valence-corrected chi connectivity index (χ3v) is 1.66. The van der Waals surface area contributed by atoms with E-state index < -0.39 is 17.2 Å². The first kappa shape index (κ1) is 10.5. The van der Waals surface area contributed by atoms with Gasteiger partial charge in [0.2, 0.25) is 0 Å². The van der Waals surface area contributed by atoms with Crippen molar-refractivity contribution in [3.8, 4) is 6.07 Å². The standard InChI is InChI=1S/C10H10F2N2/c1-10(2,6-13)14-9-4-3-7(11)5-8(9)12/h3-5,14H,1-2H3. The molecule has 0 saturated heterocycles. The highest BCUT2D eigenvalue weighted by atomic mass is 19.1. The van der Waals surface area contributed by atoms with Crippen molar-refractivity contribution in [3.63, 3.8) is 0 Å². The van der Waals surface area contributed by atoms with Gasteiger partial charge in [-0.2, -0.15) is 5.26 Å². The first-order chi connectivity index (χ1) is 6.44. The van der Waals surface area contributed by atoms with Crippen molar-refractivity contribution in [2.24, 2.45) is 0 Å². The maximum atomic E-state index is 13.1. The number of rotatable bonds is 2. The van der Waals surface area contributed by atoms with Crippen LogP contribution in [0.1, 0.15) is 13.8 Å². The highest BCUT2D eigenvalue weighted by Gasteiger charge is 2.17. The topological polar surface area (TPSA) is 35.8 Å². The lowest BCUT2D eigenvalue weighted by atomic mass is 10.1. The molecule has 2 nitrogen and oxygen atoms in total. The van der Waals surface area contributed by atoms with Crippen molar-refractivity contribution >= 4 is 5.69 Å². The summed E-state index contributed by atoms with van der Waals surface area (Å²) in [5, 5.41) is 11.4. The third kappa shape index (κ3) is 2.43. The molecule has 0 radical (unpaired) electrons. The summed E-state index contributed by atoms with van der Waals surface area (Å²) in [4.78, 5) is 0. The predicted octanol–water partition coefficient (Wildman–Crippen LogP) is 2.68. The molecule has 14 heavy (non-hydrogen) atoms. The van der Waals surface area contributed by atoms with Gasteiger partial charge in [0.15, 0.2) is 0 Å². The van der Waals surface area contributed by atoms with Crippen molar-refractivity contribution in [3.05, 3.63) is 29.8 Å². The lowest BCUT2D eigenvalue weighted by molar-refractivity contribution is 0.581. The van der Waals surface area contributed by atoms with Crippen LogP contribution in [-0.2, 0) is 0 Å². The van der Waals surface area contributed by atoms with E-state index in [0.29, 0.717) is 0 Å². The fourth-order valence-electron chi connectivity index (χ4n) is 0.955. The minimum atomic E-state index is -0.876. The monoisotopic (exact) mass is 196 g/mol. The van der Waals surface area contributed by atoms with Crippen LogP contribution in [0, 0.1) is 23.0 Å². The van der Waals surface area contributed by atoms with E-state index in [1.54, 1.807) is 13.8 Å². The van der Waals surface area contributed by atoms with Gasteiger partial charge in [0.25, 0.3) is 0 Å². The van der Waals surface area contributed by atoms with Crippen LogP contribution in [0.4, 0.5) is 14.5 Å². The Bertz CT molecular complexity index is 380. The highest BCUT2D eigenvalue weighted by molar-refractivity contribution is 5.48. The van der Waals surface area contributed by atoms with Gasteiger partial charge in [0.1, 0.15) is 17.2 Å². The molecule has 1 aromatic rings. The zero-order chi connectivity index (χ0) is 10.8. The van der Waals surface area contributed by atoms with Gasteiger partial charge < -0.3 is 5.32 Å². The fraction of sp³-hybridized carbons (Fsp3) is 0.300. The Kier molecular flexibility index (Phi) is 2.70. The molecule has 0 aliphatic heterocycles. The molecule has 1 aromatic carbocycles. The first-order valence-corrected chi connectivity index (χ1v) is 4.09. The van der Waals surface area contributed by atoms with Crippen molar-refractivity contribution in [2.75, 3.05) is 5.32 Å². The Morgan fingerprint density at radius 2 is 2.00 bits per heavy atom. The van der Waals surface area contributed by atoms with Gasteiger partial charge in [-0.25, -0.2) is 8.78 Å². The number of nitriles is 1. The number of nitrogens with one attached hydrogen (secondary N) is 1. The van der Waals surface area contributed by atoms with Gasteiger partial charge in [0, 0.05) is 6.07 Å². The summed E-state index contributed by atoms with van der Waals surface area (Å²) in [5.74, 6) is -1.34. The van der Waals surface area contributed by atoms with E-state index in [2.05, 4.69) is 5.32 Å². The molecular weight excluding hydrogens is 186 g/mol. The number of nitrogens with zero attached hydrogens (tertiary/aromatic N) is 1. The van der Waals surface area contributed by atoms with E-state index in [0.717, 1.165) is 12.1 Å². The number of benzene rings is 1. The molecular formula is C10H10F2N2. The van der Waals surface area contributed by atoms with Crippen LogP contribution in [-0.4, -0.2) is 5.54 Å². The molecule has 0 amide bonds. The van der Waals surface area contributed by atoms with Crippen LogP contribution in [0.2, 0.25) is 0 Å². The van der Waals surface area contributed by atoms with Crippen molar-refractivity contribution in [1.82, 2.24) is 0 Å². The largest absolute Gasteiger partial charge is 0.365 e. The second kappa shape index (κ2) is 3.62. The van der Waals surface area contributed by atoms with Crippen LogP contribution in [0.25, 0.3) is 0 Å². The van der Waals surface area contributed by atoms with Gasteiger partial charge in [-0.15, -0.1) is 0 Å². The van der Waals surface area contributed by atoms with Crippen LogP contribution < -0.4 is 5.32 Å². The number of halogens is 2. The van der Waals surface area contributed by atoms with Gasteiger partial charge >= 0.3 is 0 Å². The molecule has 0 heterocycles. The highest BCUT2D eigenvalue weighted by Crippen LogP contribution is 2.19. The van der Waals surface area contributed by atoms with Crippen LogP contribution in [0.5, 0.6) is 0 Å². The van der Waals surface area contributed by atoms with Gasteiger partial charge in [0.05, 0.1) is 11.8 Å². The number of anilines is 1. The Morgan fingerprint density at radius 3 is 2.50 bits per heavy atom. The van der Waals surface area contributed by atoms with Crippen LogP contribution >= 0.6 is 0 Å². The maximum absolute atomic E-state index is 13.1. The lowest BCUT2D eigenvalue weighted by Gasteiger charge is -2.19. The fourth-order valence-corrected chi connectivity index (χ4v) is 0.955. The van der Waals surface area contributed by atoms with Crippen LogP contribution in [0.15, 0.2) is 18.2 Å². The molecule has 74 valence electrons. The lowest BCUT2D eigenvalue weighted by Crippen LogP contribution is -2.28. The second-order valence-corrected chi connectivity index (χ2v) is 3.49. The quantitative estimate of drug-likeness (QED) is 0.789. The summed E-state index contributed by atoms with van der Waals surface area (Å²) < 4.78 is 25.6. The molecule has 0 bridgehead atoms. The van der Waals surface area contributed by atoms with E-state index >= 15 is 0 Å². The molecule has 0 atom stereocenters. The molecule has 0 spiro atoms. The van der Waals surface area contributed by atoms with E-state index in [-0.39, 0.29) is 5.69 Å². The van der Waals surface area contributed by atoms with E-state index in [1.165, 1.54) is 6.07 Å². The summed E-state index contributed by atoms with van der Waals surface area (Å²) in [6.07, 6.45) is 0. The molecule has 0 saturated carbocycles. The predicted molar refractivity (Wildman–Crippen MR) is 49.7 cm³/mol. The first-order valence-electron chi connectivity index (χ1n) is 4.09. The molecule has 1 N–H and O–H groups in total. The SMILES string of the molecule is CC(C)(C#N)Nc1ccc(F)cc1F. The van der Waals surface area contributed by atoms with Crippen molar-refractivity contribution < 1.29 is 8.78 Å². The number of hydrogen-bond donors (Lipinski definition) is 1. The van der Waals surface area contributed by atoms with E-state index in [4.69, 9.17) is 5.26 Å². The molecule has 1 rings (SSSR count). The normalized spacial score (nSPS) is 10.8. The van der Waals surface area contributed by atoms with E-state index in [1.807, 2.05) is 6.07 Å². The maximum Gasteiger partial charge on any atom is 0.149 e. The van der Waals surface area contributed by atoms with Gasteiger partial charge in [-0.3, -0.25) is 0 Å². The summed E-state index contributed by atoms with van der Waals surface area (Å²) in [6.45, 7) is 3.21. The average Bonchev–Trinajstić information content (AvgIpc) is 2.10. The smallest absolute Gasteiger partial charge is 0.149 e. The Balaban J connectivity index is 2.94. The minimum Gasteiger partial charge on any atom is -0.365 e. The Morgan fingerprint density at radius 1 is 1.36 bits per heavy atom. The van der Waals surface area contributed by atoms with Crippen molar-refractivity contribution in [1.29, 1.82) is 5.26 Å². The zero-order valence-corrected chi connectivity index (χ0v) is 7.94. The minimum absolute atomic E-state index is 0.123. The van der Waals surface area contributed by atoms with Crippen LogP contribution in [0.3, 0.4) is 0 Å². The number of hydrogen-bond acceptors (Lipinski definition) is 2. The average molecular weight is 196 g/mol. The van der Waals surface area contributed by atoms with Gasteiger partial charge in [-0.1, -0.05) is 0 Å². The summed E-state index contributed by atoms with van der Waals surface area (Å²) >= 11 is 0. The summed E-state index contributed by atoms with van der Waals surface area (Å²) in [5.41, 5.74) is -0.753. The molecule has 0 aromatic heterocycles. The molecule has 0 fully saturated rings. The zero-order valence-electron chi connectivity index (χ0n) is 7.94. The Labute approximate surface area is 81.2 Å². The Hall–Kier alpha value is -1.63. The molecule has 4 heteroatoms. The van der Waals surface area contributed by atoms with Crippen molar-refractivity contribution in [2.45, 2.75) is 19.4 Å². The summed E-state index contributed by atoms with van der Waals surface area (Å²) in [6, 6.07) is 5.14. The second-order valence-electron chi connectivity index (χ2n) is 3.49. The summed E-state index contributed by atoms with van der Waals surface area (Å²) in [7, 11) is 0. The van der Waals surface area contributed by atoms with E-state index in [9.17, 15) is 8.78 Å². The molecule has 0 unspecified atom stereocenters. The van der Waals surface area contributed by atoms with Gasteiger partial charge in [-0.05, 0) is 26.0 Å². The molecule has 0 aliphatic carbocycles. The third-order valence-electron chi connectivity index (χ3n) is 1.66.